The summed E-state index contributed by atoms with van der Waals surface area (Å²) >= 11 is 0. The molecule has 0 spiro atoms. The van der Waals surface area contributed by atoms with Crippen molar-refractivity contribution in [2.24, 2.45) is 56.6 Å². The zero-order valence-electron chi connectivity index (χ0n) is 26.6. The number of methoxy groups -OCH3 is 1. The fraction of sp³-hybridized carbons (Fsp3) is 0.903. The molecule has 4 aliphatic rings. The van der Waals surface area contributed by atoms with Gasteiger partial charge in [0.1, 0.15) is 0 Å². The predicted octanol–water partition coefficient (Wildman–Crippen LogP) is 8.26. The first-order valence-electron chi connectivity index (χ1n) is 15.6. The van der Waals surface area contributed by atoms with E-state index in [9.17, 15) is 4.79 Å². The van der Waals surface area contributed by atoms with Crippen LogP contribution in [0.5, 0.6) is 0 Å². The van der Waals surface area contributed by atoms with E-state index in [1.807, 2.05) is 0 Å². The number of carbonyl (C=O) groups excluding carboxylic acids is 1. The van der Waals surface area contributed by atoms with Crippen LogP contribution in [0.15, 0.2) is 10.3 Å². The van der Waals surface area contributed by atoms with Gasteiger partial charge in [0.25, 0.3) is 16.6 Å². The third kappa shape index (κ3) is 6.52. The molecule has 0 amide bonds. The number of nitrogens with zero attached hydrogens (tertiary/aromatic N) is 2. The Morgan fingerprint density at radius 1 is 0.923 bits per heavy atom. The first-order chi connectivity index (χ1) is 18.1. The molecule has 0 aromatic rings. The monoisotopic (exact) mass is 576 g/mol. The normalized spacial score (nSPS) is 39.5. The lowest BCUT2D eigenvalue weighted by molar-refractivity contribution is -0.141. The molecule has 4 rings (SSSR count). The van der Waals surface area contributed by atoms with Crippen LogP contribution >= 0.6 is 0 Å². The maximum absolute atomic E-state index is 11.9. The van der Waals surface area contributed by atoms with E-state index in [2.05, 4.69) is 60.1 Å². The summed E-state index contributed by atoms with van der Waals surface area (Å²) in [5.41, 5.74) is 3.21. The van der Waals surface area contributed by atoms with E-state index in [1.165, 1.54) is 50.6 Å². The van der Waals surface area contributed by atoms with Gasteiger partial charge in [0, 0.05) is 12.3 Å². The highest BCUT2D eigenvalue weighted by Gasteiger charge is 2.62. The van der Waals surface area contributed by atoms with Gasteiger partial charge in [-0.05, 0) is 137 Å². The zero-order valence-corrected chi connectivity index (χ0v) is 28.6. The molecule has 0 aromatic heterocycles. The van der Waals surface area contributed by atoms with Gasteiger partial charge >= 0.3 is 5.97 Å². The molecular weight excluding hydrogens is 521 g/mol. The van der Waals surface area contributed by atoms with Crippen LogP contribution in [-0.2, 0) is 18.6 Å². The molecule has 0 saturated heterocycles. The Hall–Kier alpha value is -1.16. The Morgan fingerprint density at radius 3 is 2.21 bits per heavy atom. The summed E-state index contributed by atoms with van der Waals surface area (Å²) in [6.45, 7) is 20.9. The van der Waals surface area contributed by atoms with E-state index in [1.54, 1.807) is 0 Å². The largest absolute Gasteiger partial charge is 0.469 e. The molecule has 8 atom stereocenters. The van der Waals surface area contributed by atoms with Gasteiger partial charge in [0.05, 0.1) is 18.5 Å². The summed E-state index contributed by atoms with van der Waals surface area (Å²) in [6.07, 6.45) is 10.9. The number of esters is 1. The summed E-state index contributed by atoms with van der Waals surface area (Å²) in [5, 5.41) is 9.76. The van der Waals surface area contributed by atoms with Crippen LogP contribution in [-0.4, -0.2) is 41.1 Å². The number of rotatable bonds is 8. The van der Waals surface area contributed by atoms with Crippen LogP contribution in [0.3, 0.4) is 0 Å². The van der Waals surface area contributed by atoms with Crippen LogP contribution in [0.1, 0.15) is 85.0 Å². The predicted molar refractivity (Wildman–Crippen MR) is 165 cm³/mol. The molecule has 4 aliphatic carbocycles. The van der Waals surface area contributed by atoms with Gasteiger partial charge in [-0.15, -0.1) is 10.3 Å². The van der Waals surface area contributed by atoms with Gasteiger partial charge in [-0.1, -0.05) is 20.8 Å². The van der Waals surface area contributed by atoms with Gasteiger partial charge < -0.3 is 13.8 Å². The fourth-order valence-corrected chi connectivity index (χ4v) is 9.76. The second-order valence-electron chi connectivity index (χ2n) is 15.8. The Morgan fingerprint density at radius 2 is 1.56 bits per heavy atom. The quantitative estimate of drug-likeness (QED) is 0.166. The topological polar surface area (TPSA) is 69.5 Å². The minimum atomic E-state index is -1.79. The average molecular weight is 577 g/mol. The molecule has 0 heterocycles. The molecule has 0 aromatic carbocycles. The lowest BCUT2D eigenvalue weighted by atomic mass is 9.44. The lowest BCUT2D eigenvalue weighted by Crippen LogP contribution is -2.57. The summed E-state index contributed by atoms with van der Waals surface area (Å²) in [7, 11) is -1.97. The van der Waals surface area contributed by atoms with Crippen molar-refractivity contribution in [3.63, 3.8) is 0 Å². The van der Waals surface area contributed by atoms with Crippen molar-refractivity contribution in [2.75, 3.05) is 7.11 Å². The minimum Gasteiger partial charge on any atom is -0.469 e. The van der Waals surface area contributed by atoms with E-state index in [4.69, 9.17) is 24.1 Å². The zero-order chi connectivity index (χ0) is 28.8. The highest BCUT2D eigenvalue weighted by atomic mass is 28.4. The SMILES string of the molecule is COC(=O)CCC(C)C1CCC2C3/C(=N/O[Si](C)(C)C)C[C@@H]4C/C(=N/O[Si](C)(C)C)CCC4(C)C3CCC12C. The lowest BCUT2D eigenvalue weighted by Gasteiger charge is -2.60. The van der Waals surface area contributed by atoms with Crippen LogP contribution in [0.25, 0.3) is 0 Å². The van der Waals surface area contributed by atoms with Crippen LogP contribution in [0.4, 0.5) is 0 Å². The Balaban J connectivity index is 1.62. The molecule has 4 fully saturated rings. The van der Waals surface area contributed by atoms with Crippen molar-refractivity contribution >= 4 is 34.0 Å². The maximum atomic E-state index is 11.9. The number of fused-ring (bicyclic) bond motifs is 5. The molecule has 4 saturated carbocycles. The highest BCUT2D eigenvalue weighted by molar-refractivity contribution is 6.70. The highest BCUT2D eigenvalue weighted by Crippen LogP contribution is 2.67. The smallest absolute Gasteiger partial charge is 0.305 e. The first kappa shape index (κ1) is 30.8. The number of carbonyl (C=O) groups is 1. The van der Waals surface area contributed by atoms with Gasteiger partial charge in [-0.3, -0.25) is 4.79 Å². The van der Waals surface area contributed by atoms with Crippen molar-refractivity contribution in [3.8, 4) is 0 Å². The molecule has 39 heavy (non-hydrogen) atoms. The Kier molecular flexibility index (Phi) is 8.89. The van der Waals surface area contributed by atoms with Crippen molar-refractivity contribution in [2.45, 2.75) is 124 Å². The third-order valence-corrected chi connectivity index (χ3v) is 12.3. The van der Waals surface area contributed by atoms with E-state index in [0.29, 0.717) is 52.8 Å². The number of hydrogen-bond donors (Lipinski definition) is 0. The van der Waals surface area contributed by atoms with Gasteiger partial charge in [0.2, 0.25) is 0 Å². The molecular formula is C31H56N2O4Si2. The minimum absolute atomic E-state index is 0.0788. The summed E-state index contributed by atoms with van der Waals surface area (Å²) in [4.78, 5) is 11.9. The average Bonchev–Trinajstić information content (AvgIpc) is 3.20. The van der Waals surface area contributed by atoms with E-state index in [0.717, 1.165) is 25.7 Å². The molecule has 0 aliphatic heterocycles. The molecule has 8 heteroatoms. The second kappa shape index (κ2) is 11.3. The van der Waals surface area contributed by atoms with E-state index in [-0.39, 0.29) is 5.97 Å². The van der Waals surface area contributed by atoms with Crippen molar-refractivity contribution in [1.29, 1.82) is 0 Å². The number of oxime groups is 2. The van der Waals surface area contributed by atoms with Crippen molar-refractivity contribution in [1.82, 2.24) is 0 Å². The summed E-state index contributed by atoms with van der Waals surface area (Å²) in [5.74, 6) is 3.47. The van der Waals surface area contributed by atoms with Crippen molar-refractivity contribution in [3.05, 3.63) is 0 Å². The molecule has 0 N–H and O–H groups in total. The van der Waals surface area contributed by atoms with Crippen LogP contribution < -0.4 is 0 Å². The van der Waals surface area contributed by atoms with Crippen molar-refractivity contribution < 1.29 is 18.6 Å². The Bertz CT molecular complexity index is 971. The molecule has 0 bridgehead atoms. The summed E-state index contributed by atoms with van der Waals surface area (Å²) in [6, 6.07) is 0. The fourth-order valence-electron chi connectivity index (χ4n) is 8.97. The molecule has 6 nitrogen and oxygen atoms in total. The van der Waals surface area contributed by atoms with E-state index >= 15 is 0 Å². The standard InChI is InChI=1S/C31H56N2O4Si2/c1-21(11-14-28(34)35-4)24-12-13-25-29-26(16-18-31(24,25)3)30(2)17-15-23(32-36-38(5,6)7)19-22(30)20-27(29)33-37-39(8,9)10/h21-22,24-26,29H,11-20H2,1-10H3/b32-23+,33-27+/t21?,22-,24?,25?,26?,29?,30?,31?/m0/s1. The first-order valence-corrected chi connectivity index (χ1v) is 22.4. The third-order valence-electron chi connectivity index (χ3n) is 11.0. The molecule has 222 valence electrons. The van der Waals surface area contributed by atoms with Gasteiger partial charge in [-0.2, -0.15) is 0 Å². The molecule has 0 radical (unpaired) electrons. The number of ether oxygens (including phenoxy) is 1. The van der Waals surface area contributed by atoms with Crippen LogP contribution in [0.2, 0.25) is 39.3 Å². The molecule has 7 unspecified atom stereocenters. The van der Waals surface area contributed by atoms with E-state index < -0.39 is 16.6 Å². The van der Waals surface area contributed by atoms with Gasteiger partial charge in [0.15, 0.2) is 0 Å². The number of hydrogen-bond acceptors (Lipinski definition) is 6. The summed E-state index contributed by atoms with van der Waals surface area (Å²) < 4.78 is 17.3. The van der Waals surface area contributed by atoms with Gasteiger partial charge in [-0.25, -0.2) is 0 Å². The van der Waals surface area contributed by atoms with Crippen LogP contribution in [0, 0.1) is 46.3 Å². The Labute approximate surface area is 240 Å². The second-order valence-corrected chi connectivity index (χ2v) is 24.6. The maximum Gasteiger partial charge on any atom is 0.305 e.